The molecule has 0 N–H and O–H groups in total. The molecule has 28 heavy (non-hydrogen) atoms. The van der Waals surface area contributed by atoms with Crippen molar-refractivity contribution < 1.29 is 14.1 Å². The number of ether oxygens (including phenoxy) is 1. The van der Waals surface area contributed by atoms with Crippen molar-refractivity contribution in [2.75, 3.05) is 13.7 Å². The van der Waals surface area contributed by atoms with Crippen LogP contribution in [-0.4, -0.2) is 34.6 Å². The number of rotatable bonds is 5. The molecule has 6 nitrogen and oxygen atoms in total. The lowest BCUT2D eigenvalue weighted by Crippen LogP contribution is -2.38. The number of aromatic nitrogens is 2. The van der Waals surface area contributed by atoms with Gasteiger partial charge in [0.1, 0.15) is 5.75 Å². The zero-order valence-electron chi connectivity index (χ0n) is 16.1. The third kappa shape index (κ3) is 3.76. The van der Waals surface area contributed by atoms with Crippen molar-refractivity contribution in [1.82, 2.24) is 15.0 Å². The first kappa shape index (κ1) is 18.2. The van der Waals surface area contributed by atoms with Crippen LogP contribution in [-0.2, 0) is 11.3 Å². The minimum Gasteiger partial charge on any atom is -0.497 e. The molecule has 144 valence electrons. The van der Waals surface area contributed by atoms with Gasteiger partial charge in [0.05, 0.1) is 13.0 Å². The van der Waals surface area contributed by atoms with Crippen LogP contribution in [0.4, 0.5) is 0 Å². The second kappa shape index (κ2) is 7.84. The van der Waals surface area contributed by atoms with E-state index in [0.717, 1.165) is 28.9 Å². The maximum atomic E-state index is 12.4. The number of hydrogen-bond donors (Lipinski definition) is 0. The van der Waals surface area contributed by atoms with Crippen molar-refractivity contribution in [3.63, 3.8) is 0 Å². The van der Waals surface area contributed by atoms with Crippen LogP contribution in [0.25, 0.3) is 11.4 Å². The van der Waals surface area contributed by atoms with Gasteiger partial charge >= 0.3 is 0 Å². The van der Waals surface area contributed by atoms with Crippen LogP contribution in [0.5, 0.6) is 5.75 Å². The van der Waals surface area contributed by atoms with Crippen LogP contribution in [0, 0.1) is 6.92 Å². The molecule has 0 unspecified atom stereocenters. The summed E-state index contributed by atoms with van der Waals surface area (Å²) in [6.07, 6.45) is 1.21. The fraction of sp³-hybridized carbons (Fsp3) is 0.318. The molecule has 0 radical (unpaired) electrons. The Hall–Kier alpha value is -3.15. The molecule has 1 aliphatic heterocycles. The second-order valence-electron chi connectivity index (χ2n) is 7.13. The smallest absolute Gasteiger partial charge is 0.231 e. The highest BCUT2D eigenvalue weighted by atomic mass is 16.5. The summed E-state index contributed by atoms with van der Waals surface area (Å²) in [5, 5.41) is 4.17. The van der Waals surface area contributed by atoms with Gasteiger partial charge in [-0.1, -0.05) is 41.6 Å². The Morgan fingerprint density at radius 1 is 1.21 bits per heavy atom. The first-order chi connectivity index (χ1) is 13.6. The molecule has 1 aliphatic rings. The predicted molar refractivity (Wildman–Crippen MR) is 105 cm³/mol. The van der Waals surface area contributed by atoms with Crippen molar-refractivity contribution in [2.45, 2.75) is 32.2 Å². The first-order valence-electron chi connectivity index (χ1n) is 9.44. The monoisotopic (exact) mass is 377 g/mol. The minimum absolute atomic E-state index is 0.0496. The van der Waals surface area contributed by atoms with E-state index in [2.05, 4.69) is 10.1 Å². The van der Waals surface area contributed by atoms with Gasteiger partial charge in [-0.2, -0.15) is 4.98 Å². The topological polar surface area (TPSA) is 68.5 Å². The molecule has 6 heteroatoms. The number of benzene rings is 2. The van der Waals surface area contributed by atoms with Crippen LogP contribution in [0.15, 0.2) is 53.1 Å². The molecule has 1 aromatic heterocycles. The standard InChI is InChI=1S/C22H23N3O3/c1-15-6-3-4-9-19(15)21-23-22(28-24-21)17-10-11-20(26)25(14-17)13-16-7-5-8-18(12-16)27-2/h3-9,12,17H,10-11,13-14H2,1-2H3/t17-/m0/s1. The number of piperidine rings is 1. The lowest BCUT2D eigenvalue weighted by Gasteiger charge is -2.31. The van der Waals surface area contributed by atoms with Gasteiger partial charge in [0.15, 0.2) is 0 Å². The van der Waals surface area contributed by atoms with Crippen molar-refractivity contribution in [1.29, 1.82) is 0 Å². The number of methoxy groups -OCH3 is 1. The van der Waals surface area contributed by atoms with E-state index in [1.54, 1.807) is 7.11 Å². The molecule has 0 aliphatic carbocycles. The van der Waals surface area contributed by atoms with Crippen LogP contribution < -0.4 is 4.74 Å². The van der Waals surface area contributed by atoms with Crippen LogP contribution >= 0.6 is 0 Å². The number of likely N-dealkylation sites (tertiary alicyclic amines) is 1. The third-order valence-electron chi connectivity index (χ3n) is 5.18. The molecule has 1 fully saturated rings. The van der Waals surface area contributed by atoms with E-state index in [4.69, 9.17) is 9.26 Å². The second-order valence-corrected chi connectivity index (χ2v) is 7.13. The van der Waals surface area contributed by atoms with Crippen molar-refractivity contribution >= 4 is 5.91 Å². The molecule has 0 bridgehead atoms. The molecular weight excluding hydrogens is 354 g/mol. The van der Waals surface area contributed by atoms with Gasteiger partial charge in [-0.3, -0.25) is 4.79 Å². The maximum absolute atomic E-state index is 12.4. The Bertz CT molecular complexity index is 982. The van der Waals surface area contributed by atoms with E-state index < -0.39 is 0 Å². The highest BCUT2D eigenvalue weighted by Gasteiger charge is 2.30. The Labute approximate surface area is 164 Å². The Morgan fingerprint density at radius 3 is 2.89 bits per heavy atom. The number of amides is 1. The van der Waals surface area contributed by atoms with Gasteiger partial charge in [0.25, 0.3) is 0 Å². The summed E-state index contributed by atoms with van der Waals surface area (Å²) in [6.45, 7) is 3.15. The fourth-order valence-electron chi connectivity index (χ4n) is 3.59. The number of carbonyl (C=O) groups is 1. The Balaban J connectivity index is 1.50. The van der Waals surface area contributed by atoms with Gasteiger partial charge in [-0.15, -0.1) is 0 Å². The normalized spacial score (nSPS) is 17.0. The summed E-state index contributed by atoms with van der Waals surface area (Å²) in [5.41, 5.74) is 3.12. The molecule has 2 aromatic carbocycles. The number of aryl methyl sites for hydroxylation is 1. The molecule has 2 heterocycles. The number of carbonyl (C=O) groups excluding carboxylic acids is 1. The van der Waals surface area contributed by atoms with Gasteiger partial charge in [-0.25, -0.2) is 0 Å². The van der Waals surface area contributed by atoms with Gasteiger partial charge in [0.2, 0.25) is 17.6 Å². The average molecular weight is 377 g/mol. The summed E-state index contributed by atoms with van der Waals surface area (Å²) in [7, 11) is 1.64. The third-order valence-corrected chi connectivity index (χ3v) is 5.18. The highest BCUT2D eigenvalue weighted by molar-refractivity contribution is 5.77. The fourth-order valence-corrected chi connectivity index (χ4v) is 3.59. The van der Waals surface area contributed by atoms with E-state index in [1.165, 1.54) is 0 Å². The average Bonchev–Trinajstić information content (AvgIpc) is 3.20. The van der Waals surface area contributed by atoms with Gasteiger partial charge in [-0.05, 0) is 36.6 Å². The van der Waals surface area contributed by atoms with Crippen LogP contribution in [0.3, 0.4) is 0 Å². The van der Waals surface area contributed by atoms with Crippen molar-refractivity contribution in [3.8, 4) is 17.1 Å². The van der Waals surface area contributed by atoms with Crippen LogP contribution in [0.1, 0.15) is 35.8 Å². The molecule has 1 atom stereocenters. The largest absolute Gasteiger partial charge is 0.497 e. The number of nitrogens with zero attached hydrogens (tertiary/aromatic N) is 3. The molecule has 0 spiro atoms. The maximum Gasteiger partial charge on any atom is 0.231 e. The van der Waals surface area contributed by atoms with Gasteiger partial charge < -0.3 is 14.2 Å². The summed E-state index contributed by atoms with van der Waals surface area (Å²) in [5.74, 6) is 2.19. The van der Waals surface area contributed by atoms with E-state index in [9.17, 15) is 4.79 Å². The number of hydrogen-bond acceptors (Lipinski definition) is 5. The molecule has 1 amide bonds. The molecule has 3 aromatic rings. The summed E-state index contributed by atoms with van der Waals surface area (Å²) in [4.78, 5) is 18.9. The SMILES string of the molecule is COc1cccc(CN2C[C@@H](c3nc(-c4ccccc4C)no3)CCC2=O)c1. The van der Waals surface area contributed by atoms with E-state index in [1.807, 2.05) is 60.4 Å². The quantitative estimate of drug-likeness (QED) is 0.673. The first-order valence-corrected chi connectivity index (χ1v) is 9.44. The zero-order chi connectivity index (χ0) is 19.5. The molecule has 1 saturated heterocycles. The van der Waals surface area contributed by atoms with Gasteiger partial charge in [0, 0.05) is 25.1 Å². The predicted octanol–water partition coefficient (Wildman–Crippen LogP) is 3.96. The minimum atomic E-state index is 0.0496. The van der Waals surface area contributed by atoms with E-state index in [-0.39, 0.29) is 11.8 Å². The van der Waals surface area contributed by atoms with E-state index in [0.29, 0.717) is 31.2 Å². The summed E-state index contributed by atoms with van der Waals surface area (Å²) < 4.78 is 10.8. The van der Waals surface area contributed by atoms with Crippen LogP contribution in [0.2, 0.25) is 0 Å². The van der Waals surface area contributed by atoms with Crippen molar-refractivity contribution in [3.05, 3.63) is 65.5 Å². The summed E-state index contributed by atoms with van der Waals surface area (Å²) in [6, 6.07) is 15.8. The van der Waals surface area contributed by atoms with Crippen molar-refractivity contribution in [2.24, 2.45) is 0 Å². The lowest BCUT2D eigenvalue weighted by atomic mass is 9.97. The molecule has 4 rings (SSSR count). The molecule has 0 saturated carbocycles. The highest BCUT2D eigenvalue weighted by Crippen LogP contribution is 2.30. The van der Waals surface area contributed by atoms with E-state index >= 15 is 0 Å². The zero-order valence-corrected chi connectivity index (χ0v) is 16.1. The Kier molecular flexibility index (Phi) is 5.10. The Morgan fingerprint density at radius 2 is 2.07 bits per heavy atom. The molecular formula is C22H23N3O3. The lowest BCUT2D eigenvalue weighted by molar-refractivity contribution is -0.134. The summed E-state index contributed by atoms with van der Waals surface area (Å²) >= 11 is 0.